The second kappa shape index (κ2) is 12.6. The number of ether oxygens (including phenoxy) is 1. The number of carbonyl (C=O) groups excluding carboxylic acids is 3. The van der Waals surface area contributed by atoms with Gasteiger partial charge in [0.25, 0.3) is 11.8 Å². The molecule has 0 aliphatic carbocycles. The number of hydrogen-bond donors (Lipinski definition) is 1. The van der Waals surface area contributed by atoms with E-state index in [0.29, 0.717) is 23.6 Å². The van der Waals surface area contributed by atoms with Gasteiger partial charge in [-0.2, -0.15) is 0 Å². The summed E-state index contributed by atoms with van der Waals surface area (Å²) in [7, 11) is 0. The lowest BCUT2D eigenvalue weighted by molar-refractivity contribution is -0.122. The monoisotopic (exact) mass is 675 g/mol. The normalized spacial score (nSPS) is 20.0. The van der Waals surface area contributed by atoms with Crippen molar-refractivity contribution in [2.24, 2.45) is 0 Å². The fourth-order valence-electron chi connectivity index (χ4n) is 6.99. The van der Waals surface area contributed by atoms with E-state index in [2.05, 4.69) is 74.7 Å². The maximum absolute atomic E-state index is 14.2. The van der Waals surface area contributed by atoms with Crippen LogP contribution in [0.5, 0.6) is 5.75 Å². The number of hydrogen-bond acceptors (Lipinski definition) is 5. The van der Waals surface area contributed by atoms with Crippen LogP contribution in [0.25, 0.3) is 6.08 Å². The summed E-state index contributed by atoms with van der Waals surface area (Å²) >= 11 is 3.49. The molecule has 3 heterocycles. The van der Waals surface area contributed by atoms with Gasteiger partial charge in [0.15, 0.2) is 0 Å². The third-order valence-electron chi connectivity index (χ3n) is 9.09. The number of barbiturate groups is 1. The first-order valence-corrected chi connectivity index (χ1v) is 16.6. The molecule has 4 aromatic rings. The summed E-state index contributed by atoms with van der Waals surface area (Å²) in [6.07, 6.45) is 4.16. The number of nitrogens with zero attached hydrogens (tertiary/aromatic N) is 2. The van der Waals surface area contributed by atoms with Crippen molar-refractivity contribution in [3.05, 3.63) is 129 Å². The molecule has 1 N–H and O–H groups in total. The van der Waals surface area contributed by atoms with Crippen molar-refractivity contribution < 1.29 is 19.1 Å². The van der Waals surface area contributed by atoms with Gasteiger partial charge in [0.2, 0.25) is 0 Å². The molecule has 0 spiro atoms. The molecule has 4 amide bonds. The Bertz CT molecular complexity index is 1780. The lowest BCUT2D eigenvalue weighted by atomic mass is 9.76. The molecular formula is C38H34BrN3O4. The van der Waals surface area contributed by atoms with Crippen molar-refractivity contribution in [2.75, 3.05) is 29.5 Å². The molecule has 232 valence electrons. The Morgan fingerprint density at radius 1 is 0.848 bits per heavy atom. The minimum absolute atomic E-state index is 0.0974. The number of imide groups is 2. The third-order valence-corrected chi connectivity index (χ3v) is 9.59. The van der Waals surface area contributed by atoms with Crippen molar-refractivity contribution in [1.29, 1.82) is 0 Å². The van der Waals surface area contributed by atoms with Crippen molar-refractivity contribution in [3.63, 3.8) is 0 Å². The molecule has 46 heavy (non-hydrogen) atoms. The maximum atomic E-state index is 14.2. The molecule has 4 aromatic carbocycles. The zero-order valence-corrected chi connectivity index (χ0v) is 27.1. The van der Waals surface area contributed by atoms with Crippen molar-refractivity contribution in [2.45, 2.75) is 38.0 Å². The predicted octanol–water partition coefficient (Wildman–Crippen LogP) is 7.78. The summed E-state index contributed by atoms with van der Waals surface area (Å²) in [5, 5.41) is 2.43. The van der Waals surface area contributed by atoms with Gasteiger partial charge < -0.3 is 9.64 Å². The average Bonchev–Trinajstić information content (AvgIpc) is 3.07. The molecule has 0 saturated carbocycles. The van der Waals surface area contributed by atoms with E-state index in [4.69, 9.17) is 4.74 Å². The fourth-order valence-corrected chi connectivity index (χ4v) is 7.37. The lowest BCUT2D eigenvalue weighted by Gasteiger charge is -2.44. The van der Waals surface area contributed by atoms with Crippen LogP contribution in [-0.2, 0) is 9.59 Å². The number of urea groups is 1. The van der Waals surface area contributed by atoms with E-state index in [0.717, 1.165) is 52.9 Å². The predicted molar refractivity (Wildman–Crippen MR) is 183 cm³/mol. The van der Waals surface area contributed by atoms with Crippen LogP contribution in [-0.4, -0.2) is 37.5 Å². The molecule has 7 nitrogen and oxygen atoms in total. The van der Waals surface area contributed by atoms with Crippen molar-refractivity contribution in [1.82, 2.24) is 5.32 Å². The van der Waals surface area contributed by atoms with Crippen LogP contribution in [0.1, 0.15) is 65.8 Å². The van der Waals surface area contributed by atoms with Gasteiger partial charge in [0.05, 0.1) is 12.3 Å². The van der Waals surface area contributed by atoms with Crippen LogP contribution < -0.4 is 19.9 Å². The van der Waals surface area contributed by atoms with E-state index >= 15 is 0 Å². The highest BCUT2D eigenvalue weighted by molar-refractivity contribution is 9.10. The van der Waals surface area contributed by atoms with Crippen LogP contribution in [0.4, 0.5) is 16.2 Å². The van der Waals surface area contributed by atoms with Gasteiger partial charge in [0.1, 0.15) is 11.3 Å². The number of rotatable bonds is 7. The molecule has 2 atom stereocenters. The summed E-state index contributed by atoms with van der Waals surface area (Å²) in [4.78, 5) is 44.5. The maximum Gasteiger partial charge on any atom is 0.335 e. The summed E-state index contributed by atoms with van der Waals surface area (Å²) in [6, 6.07) is 29.5. The third kappa shape index (κ3) is 5.51. The topological polar surface area (TPSA) is 79.0 Å². The molecule has 0 unspecified atom stereocenters. The Hall–Kier alpha value is -4.69. The van der Waals surface area contributed by atoms with Gasteiger partial charge in [-0.3, -0.25) is 14.9 Å². The molecule has 8 heteroatoms. The van der Waals surface area contributed by atoms with E-state index < -0.39 is 17.8 Å². The number of halogens is 1. The Morgan fingerprint density at radius 2 is 1.46 bits per heavy atom. The van der Waals surface area contributed by atoms with Crippen molar-refractivity contribution >= 4 is 51.2 Å². The summed E-state index contributed by atoms with van der Waals surface area (Å²) in [6.45, 7) is 4.36. The lowest BCUT2D eigenvalue weighted by Crippen LogP contribution is -2.54. The van der Waals surface area contributed by atoms with Crippen LogP contribution in [0.3, 0.4) is 0 Å². The van der Waals surface area contributed by atoms with E-state index in [1.54, 1.807) is 12.1 Å². The first kappa shape index (κ1) is 30.0. The molecule has 7 rings (SSSR count). The Morgan fingerprint density at radius 3 is 2.04 bits per heavy atom. The summed E-state index contributed by atoms with van der Waals surface area (Å²) in [5.74, 6) is -0.655. The molecule has 3 aliphatic rings. The van der Waals surface area contributed by atoms with E-state index in [1.807, 2.05) is 37.3 Å². The second-order valence-corrected chi connectivity index (χ2v) is 12.9. The molecule has 1 fully saturated rings. The van der Waals surface area contributed by atoms with E-state index in [9.17, 15) is 14.4 Å². The number of carbonyl (C=O) groups is 3. The Kier molecular flexibility index (Phi) is 8.21. The van der Waals surface area contributed by atoms with E-state index in [1.165, 1.54) is 22.9 Å². The molecule has 0 bridgehead atoms. The minimum Gasteiger partial charge on any atom is -0.493 e. The Balaban J connectivity index is 1.37. The second-order valence-electron chi connectivity index (χ2n) is 12.0. The number of amides is 4. The van der Waals surface area contributed by atoms with Crippen LogP contribution >= 0.6 is 15.9 Å². The summed E-state index contributed by atoms with van der Waals surface area (Å²) in [5.41, 5.74) is 6.66. The molecule has 1 saturated heterocycles. The van der Waals surface area contributed by atoms with Gasteiger partial charge in [-0.15, -0.1) is 0 Å². The molecule has 0 aromatic heterocycles. The molecule has 3 aliphatic heterocycles. The highest BCUT2D eigenvalue weighted by Crippen LogP contribution is 2.50. The van der Waals surface area contributed by atoms with Gasteiger partial charge in [-0.05, 0) is 77.9 Å². The SMILES string of the molecule is CCCOc1ccc(Br)cc1/C=C1\C(=O)NC(=O)N(c2cc3c4c(c2)[C@H](c2ccccc2)CCN4CC[C@H]3c2ccccc2)C1=O. The van der Waals surface area contributed by atoms with Gasteiger partial charge in [-0.25, -0.2) is 9.69 Å². The molecule has 0 radical (unpaired) electrons. The van der Waals surface area contributed by atoms with E-state index in [-0.39, 0.29) is 17.4 Å². The zero-order chi connectivity index (χ0) is 31.8. The summed E-state index contributed by atoms with van der Waals surface area (Å²) < 4.78 is 6.68. The van der Waals surface area contributed by atoms with Crippen LogP contribution in [0, 0.1) is 0 Å². The Labute approximate surface area is 277 Å². The molecular weight excluding hydrogens is 642 g/mol. The van der Waals surface area contributed by atoms with Crippen LogP contribution in [0.15, 0.2) is 101 Å². The number of nitrogens with one attached hydrogen (secondary N) is 1. The fraction of sp³-hybridized carbons (Fsp3) is 0.237. The smallest absolute Gasteiger partial charge is 0.335 e. The minimum atomic E-state index is -0.757. The van der Waals surface area contributed by atoms with Gasteiger partial charge >= 0.3 is 6.03 Å². The highest BCUT2D eigenvalue weighted by atomic mass is 79.9. The largest absolute Gasteiger partial charge is 0.493 e. The quantitative estimate of drug-likeness (QED) is 0.160. The average molecular weight is 677 g/mol. The first-order chi connectivity index (χ1) is 22.4. The number of anilines is 2. The standard InChI is InChI=1S/C38H34BrN3O4/c1-2-19-46-34-14-13-27(39)20-26(34)21-33-36(43)40-38(45)42(37(33)44)28-22-31-29(24-9-5-3-6-10-24)15-17-41-18-16-30(32(23-28)35(31)41)25-11-7-4-8-12-25/h3-14,20-23,29-30H,2,15-19H2,1H3,(H,40,43,45)/b33-21+/t29-,30-/m0/s1. The van der Waals surface area contributed by atoms with Crippen molar-refractivity contribution in [3.8, 4) is 5.75 Å². The number of benzene rings is 4. The first-order valence-electron chi connectivity index (χ1n) is 15.8. The highest BCUT2D eigenvalue weighted by Gasteiger charge is 2.40. The van der Waals surface area contributed by atoms with Gasteiger partial charge in [-0.1, -0.05) is 83.5 Å². The van der Waals surface area contributed by atoms with Gasteiger partial charge in [0, 0.05) is 40.6 Å². The van der Waals surface area contributed by atoms with Crippen LogP contribution in [0.2, 0.25) is 0 Å². The zero-order valence-electron chi connectivity index (χ0n) is 25.5.